The summed E-state index contributed by atoms with van der Waals surface area (Å²) in [7, 11) is 0. The number of benzene rings is 1. The molecule has 0 saturated heterocycles. The molecule has 6 rings (SSSR count). The quantitative estimate of drug-likeness (QED) is 0.379. The van der Waals surface area contributed by atoms with Crippen LogP contribution in [0.3, 0.4) is 0 Å². The third-order valence-electron chi connectivity index (χ3n) is 6.29. The number of nitrogens with one attached hydrogen (secondary N) is 2. The predicted octanol–water partition coefficient (Wildman–Crippen LogP) is 6.04. The van der Waals surface area contributed by atoms with Crippen LogP contribution in [-0.4, -0.2) is 31.7 Å². The van der Waals surface area contributed by atoms with E-state index in [-0.39, 0.29) is 0 Å². The van der Waals surface area contributed by atoms with E-state index in [2.05, 4.69) is 33.8 Å². The van der Waals surface area contributed by atoms with Gasteiger partial charge in [0.2, 0.25) is 5.95 Å². The molecular formula is C25H25ClN6. The van der Waals surface area contributed by atoms with Crippen molar-refractivity contribution in [1.29, 1.82) is 0 Å². The lowest BCUT2D eigenvalue weighted by molar-refractivity contribution is 0.742. The fraction of sp³-hybridized carbons (Fsp3) is 0.320. The molecule has 0 radical (unpaired) electrons. The molecule has 0 aliphatic heterocycles. The smallest absolute Gasteiger partial charge is 0.223 e. The lowest BCUT2D eigenvalue weighted by atomic mass is 10.0. The summed E-state index contributed by atoms with van der Waals surface area (Å²) in [6, 6.07) is 17.1. The van der Waals surface area contributed by atoms with Gasteiger partial charge in [0.1, 0.15) is 11.5 Å². The fourth-order valence-electron chi connectivity index (χ4n) is 4.53. The first kappa shape index (κ1) is 19.6. The molecule has 6 nitrogen and oxygen atoms in total. The molecule has 2 saturated carbocycles. The summed E-state index contributed by atoms with van der Waals surface area (Å²) in [5, 5.41) is 12.9. The van der Waals surface area contributed by atoms with Crippen molar-refractivity contribution in [2.45, 2.75) is 50.6 Å². The molecule has 2 aliphatic rings. The number of aromatic nitrogens is 4. The van der Waals surface area contributed by atoms with Crippen molar-refractivity contribution in [3.8, 4) is 22.5 Å². The molecule has 4 aromatic rings. The average molecular weight is 445 g/mol. The Kier molecular flexibility index (Phi) is 4.95. The van der Waals surface area contributed by atoms with E-state index >= 15 is 0 Å². The minimum Gasteiger partial charge on any atom is -0.367 e. The maximum absolute atomic E-state index is 6.34. The van der Waals surface area contributed by atoms with Gasteiger partial charge in [-0.2, -0.15) is 5.10 Å². The Morgan fingerprint density at radius 1 is 0.906 bits per heavy atom. The van der Waals surface area contributed by atoms with E-state index in [1.807, 2.05) is 41.0 Å². The molecule has 3 heterocycles. The number of pyridine rings is 1. The number of hydrogen-bond acceptors (Lipinski definition) is 5. The molecule has 3 aromatic heterocycles. The molecule has 2 fully saturated rings. The predicted molar refractivity (Wildman–Crippen MR) is 129 cm³/mol. The number of hydrogen-bond donors (Lipinski definition) is 2. The molecule has 162 valence electrons. The molecule has 1 aromatic carbocycles. The maximum atomic E-state index is 6.34. The standard InChI is InChI=1S/C25H25ClN6/c26-17-6-3-5-16(15-17)24-23(20-13-14-27-25(30-20)29-19-11-12-19)21-9-4-10-22(32(21)31-24)28-18-7-1-2-8-18/h3-6,9-10,13-15,18-19,28H,1-2,7-8,11-12H2,(H,27,29,30). The topological polar surface area (TPSA) is 67.1 Å². The van der Waals surface area contributed by atoms with Crippen molar-refractivity contribution in [3.63, 3.8) is 0 Å². The Labute approximate surface area is 192 Å². The van der Waals surface area contributed by atoms with Gasteiger partial charge in [-0.15, -0.1) is 0 Å². The van der Waals surface area contributed by atoms with Gasteiger partial charge in [0.05, 0.1) is 16.8 Å². The number of fused-ring (bicyclic) bond motifs is 1. The van der Waals surface area contributed by atoms with E-state index in [9.17, 15) is 0 Å². The lowest BCUT2D eigenvalue weighted by Gasteiger charge is -2.14. The third kappa shape index (κ3) is 3.79. The highest BCUT2D eigenvalue weighted by Gasteiger charge is 2.24. The summed E-state index contributed by atoms with van der Waals surface area (Å²) in [6.07, 6.45) is 9.13. The number of halogens is 1. The zero-order valence-corrected chi connectivity index (χ0v) is 18.5. The fourth-order valence-corrected chi connectivity index (χ4v) is 4.72. The molecule has 0 atom stereocenters. The van der Waals surface area contributed by atoms with Gasteiger partial charge in [-0.1, -0.05) is 42.6 Å². The molecule has 0 spiro atoms. The van der Waals surface area contributed by atoms with Gasteiger partial charge in [0.25, 0.3) is 0 Å². The molecule has 7 heteroatoms. The van der Waals surface area contributed by atoms with Gasteiger partial charge in [-0.05, 0) is 56.0 Å². The van der Waals surface area contributed by atoms with Crippen LogP contribution in [-0.2, 0) is 0 Å². The van der Waals surface area contributed by atoms with E-state index < -0.39 is 0 Å². The van der Waals surface area contributed by atoms with E-state index in [0.717, 1.165) is 33.8 Å². The van der Waals surface area contributed by atoms with Crippen LogP contribution in [0.4, 0.5) is 11.8 Å². The first-order valence-electron chi connectivity index (χ1n) is 11.4. The largest absolute Gasteiger partial charge is 0.367 e. The van der Waals surface area contributed by atoms with Crippen LogP contribution in [0.5, 0.6) is 0 Å². The van der Waals surface area contributed by atoms with Crippen molar-refractivity contribution in [2.75, 3.05) is 10.6 Å². The second kappa shape index (κ2) is 8.10. The molecule has 0 bridgehead atoms. The van der Waals surface area contributed by atoms with Gasteiger partial charge < -0.3 is 10.6 Å². The number of anilines is 2. The minimum atomic E-state index is 0.490. The highest BCUT2D eigenvalue weighted by Crippen LogP contribution is 2.37. The Morgan fingerprint density at radius 3 is 2.53 bits per heavy atom. The van der Waals surface area contributed by atoms with Crippen LogP contribution in [0.15, 0.2) is 54.7 Å². The van der Waals surface area contributed by atoms with Crippen molar-refractivity contribution in [2.24, 2.45) is 0 Å². The summed E-state index contributed by atoms with van der Waals surface area (Å²) >= 11 is 6.34. The second-order valence-electron chi connectivity index (χ2n) is 8.75. The number of rotatable bonds is 6. The summed E-state index contributed by atoms with van der Waals surface area (Å²) in [5.41, 5.74) is 4.69. The van der Waals surface area contributed by atoms with Gasteiger partial charge in [-0.3, -0.25) is 0 Å². The Hall–Kier alpha value is -3.12. The molecular weight excluding hydrogens is 420 g/mol. The SMILES string of the molecule is Clc1cccc(-c2nn3c(NC4CCCC4)cccc3c2-c2ccnc(NC3CC3)n2)c1. The van der Waals surface area contributed by atoms with Crippen molar-refractivity contribution in [3.05, 3.63) is 59.8 Å². The summed E-state index contributed by atoms with van der Waals surface area (Å²) in [5.74, 6) is 1.68. The van der Waals surface area contributed by atoms with Crippen LogP contribution in [0.25, 0.3) is 28.0 Å². The Balaban J connectivity index is 1.52. The van der Waals surface area contributed by atoms with Gasteiger partial charge in [0, 0.05) is 28.9 Å². The zero-order chi connectivity index (χ0) is 21.5. The van der Waals surface area contributed by atoms with Gasteiger partial charge >= 0.3 is 0 Å². The first-order valence-corrected chi connectivity index (χ1v) is 11.8. The van der Waals surface area contributed by atoms with E-state index in [1.54, 1.807) is 0 Å². The average Bonchev–Trinajstić information content (AvgIpc) is 3.31. The van der Waals surface area contributed by atoms with Crippen LogP contribution in [0.1, 0.15) is 38.5 Å². The van der Waals surface area contributed by atoms with E-state index in [1.165, 1.54) is 38.5 Å². The van der Waals surface area contributed by atoms with E-state index in [0.29, 0.717) is 23.1 Å². The van der Waals surface area contributed by atoms with Crippen LogP contribution in [0.2, 0.25) is 5.02 Å². The first-order chi connectivity index (χ1) is 15.7. The normalized spacial score (nSPS) is 16.5. The second-order valence-corrected chi connectivity index (χ2v) is 9.19. The summed E-state index contributed by atoms with van der Waals surface area (Å²) < 4.78 is 2.01. The van der Waals surface area contributed by atoms with Gasteiger partial charge in [-0.25, -0.2) is 14.5 Å². The molecule has 0 unspecified atom stereocenters. The lowest BCUT2D eigenvalue weighted by Crippen LogP contribution is -2.16. The highest BCUT2D eigenvalue weighted by molar-refractivity contribution is 6.30. The van der Waals surface area contributed by atoms with Crippen LogP contribution >= 0.6 is 11.6 Å². The van der Waals surface area contributed by atoms with Crippen LogP contribution in [0, 0.1) is 0 Å². The van der Waals surface area contributed by atoms with Crippen molar-refractivity contribution in [1.82, 2.24) is 19.6 Å². The molecule has 0 amide bonds. The maximum Gasteiger partial charge on any atom is 0.223 e. The van der Waals surface area contributed by atoms with Gasteiger partial charge in [0.15, 0.2) is 0 Å². The molecule has 2 N–H and O–H groups in total. The zero-order valence-electron chi connectivity index (χ0n) is 17.8. The van der Waals surface area contributed by atoms with Crippen molar-refractivity contribution >= 4 is 28.9 Å². The summed E-state index contributed by atoms with van der Waals surface area (Å²) in [4.78, 5) is 9.29. The number of nitrogens with zero attached hydrogens (tertiary/aromatic N) is 4. The Bertz CT molecular complexity index is 1270. The monoisotopic (exact) mass is 444 g/mol. The summed E-state index contributed by atoms with van der Waals surface area (Å²) in [6.45, 7) is 0. The highest BCUT2D eigenvalue weighted by atomic mass is 35.5. The van der Waals surface area contributed by atoms with Crippen molar-refractivity contribution < 1.29 is 0 Å². The van der Waals surface area contributed by atoms with E-state index in [4.69, 9.17) is 21.7 Å². The molecule has 32 heavy (non-hydrogen) atoms. The minimum absolute atomic E-state index is 0.490. The Morgan fingerprint density at radius 2 is 1.72 bits per heavy atom. The molecule has 2 aliphatic carbocycles. The third-order valence-corrected chi connectivity index (χ3v) is 6.52. The van der Waals surface area contributed by atoms with Crippen LogP contribution < -0.4 is 10.6 Å².